The van der Waals surface area contributed by atoms with Crippen LogP contribution in [0.4, 0.5) is 5.69 Å². The zero-order valence-corrected chi connectivity index (χ0v) is 24.3. The molecule has 37 heavy (non-hydrogen) atoms. The molecule has 0 aliphatic heterocycles. The van der Waals surface area contributed by atoms with Crippen LogP contribution in [0.3, 0.4) is 0 Å². The minimum absolute atomic E-state index is 0.111. The summed E-state index contributed by atoms with van der Waals surface area (Å²) in [6, 6.07) is 14.3. The summed E-state index contributed by atoms with van der Waals surface area (Å²) in [6.45, 7) is 9.91. The van der Waals surface area contributed by atoms with Gasteiger partial charge in [-0.15, -0.1) is 0 Å². The van der Waals surface area contributed by atoms with Crippen molar-refractivity contribution in [2.45, 2.75) is 71.9 Å². The third-order valence-electron chi connectivity index (χ3n) is 6.03. The first-order valence-corrected chi connectivity index (χ1v) is 14.9. The Morgan fingerprint density at radius 2 is 1.68 bits per heavy atom. The molecule has 2 aromatic carbocycles. The highest BCUT2D eigenvalue weighted by Crippen LogP contribution is 2.28. The molecule has 2 amide bonds. The number of sulfonamides is 1. The molecule has 0 spiro atoms. The van der Waals surface area contributed by atoms with Gasteiger partial charge in [-0.05, 0) is 70.2 Å². The van der Waals surface area contributed by atoms with Crippen LogP contribution in [0.2, 0.25) is 5.02 Å². The minimum Gasteiger partial charge on any atom is -0.350 e. The van der Waals surface area contributed by atoms with Crippen LogP contribution in [-0.4, -0.2) is 56.1 Å². The molecule has 204 valence electrons. The average Bonchev–Trinajstić information content (AvgIpc) is 2.80. The lowest BCUT2D eigenvalue weighted by Gasteiger charge is -2.33. The second kappa shape index (κ2) is 13.3. The van der Waals surface area contributed by atoms with Gasteiger partial charge in [0.05, 0.1) is 11.9 Å². The van der Waals surface area contributed by atoms with E-state index in [2.05, 4.69) is 5.32 Å². The Bertz CT molecular complexity index is 1160. The summed E-state index contributed by atoms with van der Waals surface area (Å²) in [5, 5.41) is 3.47. The number of anilines is 1. The number of amides is 2. The third-order valence-corrected chi connectivity index (χ3v) is 7.62. The van der Waals surface area contributed by atoms with Crippen molar-refractivity contribution in [3.8, 4) is 0 Å². The van der Waals surface area contributed by atoms with Crippen molar-refractivity contribution in [1.29, 1.82) is 0 Å². The zero-order chi connectivity index (χ0) is 27.8. The quantitative estimate of drug-likeness (QED) is 0.405. The standard InChI is InChI=1S/C28H40ClN3O4S/c1-7-24(27(34)30-28(3,4)5)31(20-18-22-13-9-8-10-14-22)26(33)17-12-19-32(37(6,35)36)25-16-11-15-23(29)21(25)2/h8-11,13-16,24H,7,12,17-20H2,1-6H3,(H,30,34)/t24-/m0/s1. The highest BCUT2D eigenvalue weighted by atomic mass is 35.5. The number of carbonyl (C=O) groups excluding carboxylic acids is 2. The molecule has 1 N–H and O–H groups in total. The van der Waals surface area contributed by atoms with Gasteiger partial charge in [0.25, 0.3) is 0 Å². The summed E-state index contributed by atoms with van der Waals surface area (Å²) in [5.74, 6) is -0.369. The van der Waals surface area contributed by atoms with Gasteiger partial charge in [0.15, 0.2) is 0 Å². The first kappa shape index (κ1) is 30.6. The summed E-state index contributed by atoms with van der Waals surface area (Å²) in [6.07, 6.45) is 2.64. The normalized spacial score (nSPS) is 12.6. The Hall–Kier alpha value is -2.58. The summed E-state index contributed by atoms with van der Waals surface area (Å²) >= 11 is 6.23. The Morgan fingerprint density at radius 3 is 2.24 bits per heavy atom. The molecule has 0 fully saturated rings. The third kappa shape index (κ3) is 9.34. The van der Waals surface area contributed by atoms with Crippen molar-refractivity contribution in [1.82, 2.24) is 10.2 Å². The van der Waals surface area contributed by atoms with Crippen molar-refractivity contribution in [3.05, 3.63) is 64.7 Å². The molecular formula is C28H40ClN3O4S. The van der Waals surface area contributed by atoms with E-state index in [9.17, 15) is 18.0 Å². The van der Waals surface area contributed by atoms with Crippen molar-refractivity contribution in [2.24, 2.45) is 0 Å². The summed E-state index contributed by atoms with van der Waals surface area (Å²) in [7, 11) is -3.59. The van der Waals surface area contributed by atoms with Gasteiger partial charge in [0.1, 0.15) is 6.04 Å². The van der Waals surface area contributed by atoms with Gasteiger partial charge in [-0.2, -0.15) is 0 Å². The van der Waals surface area contributed by atoms with E-state index in [1.165, 1.54) is 4.31 Å². The van der Waals surface area contributed by atoms with Crippen LogP contribution in [0, 0.1) is 6.92 Å². The lowest BCUT2D eigenvalue weighted by Crippen LogP contribution is -2.54. The van der Waals surface area contributed by atoms with E-state index in [-0.39, 0.29) is 24.8 Å². The van der Waals surface area contributed by atoms with Crippen LogP contribution in [-0.2, 0) is 26.0 Å². The second-order valence-corrected chi connectivity index (χ2v) is 12.6. The maximum atomic E-state index is 13.5. The second-order valence-electron chi connectivity index (χ2n) is 10.3. The van der Waals surface area contributed by atoms with Crippen LogP contribution in [0.25, 0.3) is 0 Å². The van der Waals surface area contributed by atoms with E-state index < -0.39 is 21.6 Å². The number of benzene rings is 2. The lowest BCUT2D eigenvalue weighted by atomic mass is 10.0. The van der Waals surface area contributed by atoms with Crippen molar-refractivity contribution in [2.75, 3.05) is 23.7 Å². The molecule has 2 rings (SSSR count). The maximum absolute atomic E-state index is 13.5. The highest BCUT2D eigenvalue weighted by molar-refractivity contribution is 7.92. The first-order chi connectivity index (χ1) is 17.2. The van der Waals surface area contributed by atoms with Gasteiger partial charge >= 0.3 is 0 Å². The average molecular weight is 550 g/mol. The van der Waals surface area contributed by atoms with Crippen molar-refractivity contribution in [3.63, 3.8) is 0 Å². The molecule has 2 aromatic rings. The fraction of sp³-hybridized carbons (Fsp3) is 0.500. The van der Waals surface area contributed by atoms with Gasteiger partial charge < -0.3 is 10.2 Å². The number of rotatable bonds is 12. The Morgan fingerprint density at radius 1 is 1.03 bits per heavy atom. The molecule has 0 aliphatic rings. The van der Waals surface area contributed by atoms with Gasteiger partial charge in [0, 0.05) is 30.1 Å². The molecule has 7 nitrogen and oxygen atoms in total. The number of nitrogens with zero attached hydrogens (tertiary/aromatic N) is 2. The molecule has 0 saturated carbocycles. The molecule has 0 unspecified atom stereocenters. The van der Waals surface area contributed by atoms with Gasteiger partial charge in [0.2, 0.25) is 21.8 Å². The maximum Gasteiger partial charge on any atom is 0.243 e. The largest absolute Gasteiger partial charge is 0.350 e. The summed E-state index contributed by atoms with van der Waals surface area (Å²) in [5.41, 5.74) is 1.81. The van der Waals surface area contributed by atoms with Crippen LogP contribution in [0.5, 0.6) is 0 Å². The molecule has 0 aromatic heterocycles. The number of hydrogen-bond donors (Lipinski definition) is 1. The molecule has 9 heteroatoms. The molecule has 0 radical (unpaired) electrons. The zero-order valence-electron chi connectivity index (χ0n) is 22.8. The van der Waals surface area contributed by atoms with E-state index in [1.807, 2.05) is 58.0 Å². The molecule has 1 atom stereocenters. The molecule has 0 aliphatic carbocycles. The topological polar surface area (TPSA) is 86.8 Å². The summed E-state index contributed by atoms with van der Waals surface area (Å²) < 4.78 is 26.4. The fourth-order valence-electron chi connectivity index (χ4n) is 4.20. The number of halogens is 1. The van der Waals surface area contributed by atoms with E-state index in [0.29, 0.717) is 42.1 Å². The Kier molecular flexibility index (Phi) is 11.0. The molecule has 0 saturated heterocycles. The first-order valence-electron chi connectivity index (χ1n) is 12.6. The molecule has 0 heterocycles. The smallest absolute Gasteiger partial charge is 0.243 e. The minimum atomic E-state index is -3.59. The predicted molar refractivity (Wildman–Crippen MR) is 151 cm³/mol. The number of carbonyl (C=O) groups is 2. The van der Waals surface area contributed by atoms with Crippen LogP contribution in [0.15, 0.2) is 48.5 Å². The lowest BCUT2D eigenvalue weighted by molar-refractivity contribution is -0.141. The molecular weight excluding hydrogens is 510 g/mol. The van der Waals surface area contributed by atoms with Gasteiger partial charge in [-0.1, -0.05) is 54.9 Å². The fourth-order valence-corrected chi connectivity index (χ4v) is 5.38. The highest BCUT2D eigenvalue weighted by Gasteiger charge is 2.30. The monoisotopic (exact) mass is 549 g/mol. The Labute approximate surface area is 227 Å². The van der Waals surface area contributed by atoms with Crippen molar-refractivity contribution < 1.29 is 18.0 Å². The van der Waals surface area contributed by atoms with E-state index in [0.717, 1.165) is 11.8 Å². The number of nitrogens with one attached hydrogen (secondary N) is 1. The number of hydrogen-bond acceptors (Lipinski definition) is 4. The Balaban J connectivity index is 2.21. The van der Waals surface area contributed by atoms with Crippen molar-refractivity contribution >= 4 is 39.1 Å². The van der Waals surface area contributed by atoms with Crippen LogP contribution >= 0.6 is 11.6 Å². The van der Waals surface area contributed by atoms with E-state index >= 15 is 0 Å². The van der Waals surface area contributed by atoms with Gasteiger partial charge in [-0.25, -0.2) is 8.42 Å². The predicted octanol–water partition coefficient (Wildman–Crippen LogP) is 4.96. The molecule has 0 bridgehead atoms. The van der Waals surface area contributed by atoms with Crippen LogP contribution in [0.1, 0.15) is 58.1 Å². The van der Waals surface area contributed by atoms with Crippen LogP contribution < -0.4 is 9.62 Å². The summed E-state index contributed by atoms with van der Waals surface area (Å²) in [4.78, 5) is 28.2. The van der Waals surface area contributed by atoms with E-state index in [4.69, 9.17) is 11.6 Å². The van der Waals surface area contributed by atoms with Gasteiger partial charge in [-0.3, -0.25) is 13.9 Å². The van der Waals surface area contributed by atoms with E-state index in [1.54, 1.807) is 30.0 Å². The SMILES string of the molecule is CC[C@@H](C(=O)NC(C)(C)C)N(CCc1ccccc1)C(=O)CCCN(c1cccc(Cl)c1C)S(C)(=O)=O.